The van der Waals surface area contributed by atoms with Crippen molar-refractivity contribution in [3.8, 4) is 11.4 Å². The number of carbonyl (C=O) groups is 1. The Bertz CT molecular complexity index is 1030. The third kappa shape index (κ3) is 5.41. The Morgan fingerprint density at radius 1 is 1.03 bits per heavy atom. The van der Waals surface area contributed by atoms with Crippen molar-refractivity contribution in [2.45, 2.75) is 51.2 Å². The summed E-state index contributed by atoms with van der Waals surface area (Å²) in [6.07, 6.45) is 4.55. The van der Waals surface area contributed by atoms with E-state index in [-0.39, 0.29) is 5.91 Å². The highest BCUT2D eigenvalue weighted by molar-refractivity contribution is 7.99. The Labute approximate surface area is 195 Å². The van der Waals surface area contributed by atoms with E-state index in [1.165, 1.54) is 29.3 Å². The average Bonchev–Trinajstić information content (AvgIpc) is 3.25. The molecule has 6 heteroatoms. The SMILES string of the molecule is CCn1c(SCC(=O)N2CCC(CCc3ccccc3)CC2)nnc1-c1ccccc1C. The predicted molar refractivity (Wildman–Crippen MR) is 131 cm³/mol. The fourth-order valence-electron chi connectivity index (χ4n) is 4.41. The lowest BCUT2D eigenvalue weighted by molar-refractivity contribution is -0.129. The molecule has 1 aromatic heterocycles. The minimum Gasteiger partial charge on any atom is -0.342 e. The van der Waals surface area contributed by atoms with E-state index >= 15 is 0 Å². The van der Waals surface area contributed by atoms with Crippen molar-refractivity contribution >= 4 is 17.7 Å². The van der Waals surface area contributed by atoms with Crippen LogP contribution in [0.25, 0.3) is 11.4 Å². The standard InChI is InChI=1S/C26H32N4OS/c1-3-30-25(23-12-8-7-9-20(23)2)27-28-26(30)32-19-24(31)29-17-15-22(16-18-29)14-13-21-10-5-4-6-11-21/h4-12,22H,3,13-19H2,1-2H3. The summed E-state index contributed by atoms with van der Waals surface area (Å²) >= 11 is 1.50. The zero-order valence-corrected chi connectivity index (χ0v) is 19.9. The minimum absolute atomic E-state index is 0.208. The Hall–Kier alpha value is -2.60. The van der Waals surface area contributed by atoms with Crippen LogP contribution < -0.4 is 0 Å². The number of aromatic nitrogens is 3. The molecule has 2 aromatic carbocycles. The second-order valence-electron chi connectivity index (χ2n) is 8.50. The average molecular weight is 449 g/mol. The third-order valence-corrected chi connectivity index (χ3v) is 7.35. The number of hydrogen-bond donors (Lipinski definition) is 0. The number of nitrogens with zero attached hydrogens (tertiary/aromatic N) is 4. The van der Waals surface area contributed by atoms with Gasteiger partial charge in [-0.1, -0.05) is 66.4 Å². The maximum absolute atomic E-state index is 12.8. The molecule has 0 N–H and O–H groups in total. The maximum Gasteiger partial charge on any atom is 0.233 e. The topological polar surface area (TPSA) is 51.0 Å². The lowest BCUT2D eigenvalue weighted by atomic mass is 9.90. The lowest BCUT2D eigenvalue weighted by Gasteiger charge is -2.32. The van der Waals surface area contributed by atoms with Gasteiger partial charge in [0.2, 0.25) is 5.91 Å². The Kier molecular flexibility index (Phi) is 7.63. The van der Waals surface area contributed by atoms with Gasteiger partial charge in [-0.3, -0.25) is 4.79 Å². The van der Waals surface area contributed by atoms with Gasteiger partial charge in [0.05, 0.1) is 5.75 Å². The molecule has 1 saturated heterocycles. The summed E-state index contributed by atoms with van der Waals surface area (Å²) in [4.78, 5) is 14.9. The summed E-state index contributed by atoms with van der Waals surface area (Å²) in [5.41, 5.74) is 3.68. The van der Waals surface area contributed by atoms with Crippen LogP contribution in [0, 0.1) is 12.8 Å². The van der Waals surface area contributed by atoms with E-state index in [4.69, 9.17) is 0 Å². The number of thioether (sulfide) groups is 1. The van der Waals surface area contributed by atoms with Gasteiger partial charge in [0.15, 0.2) is 11.0 Å². The van der Waals surface area contributed by atoms with Crippen molar-refractivity contribution < 1.29 is 4.79 Å². The fraction of sp³-hybridized carbons (Fsp3) is 0.423. The first-order valence-electron chi connectivity index (χ1n) is 11.6. The van der Waals surface area contributed by atoms with Crippen LogP contribution >= 0.6 is 11.8 Å². The molecule has 0 unspecified atom stereocenters. The molecule has 1 fully saturated rings. The van der Waals surface area contributed by atoms with E-state index in [2.05, 4.69) is 71.1 Å². The van der Waals surface area contributed by atoms with Gasteiger partial charge in [0.1, 0.15) is 0 Å². The molecule has 0 spiro atoms. The normalized spacial score (nSPS) is 14.6. The monoisotopic (exact) mass is 448 g/mol. The molecule has 32 heavy (non-hydrogen) atoms. The van der Waals surface area contributed by atoms with Gasteiger partial charge in [-0.15, -0.1) is 10.2 Å². The van der Waals surface area contributed by atoms with E-state index < -0.39 is 0 Å². The quantitative estimate of drug-likeness (QED) is 0.442. The molecule has 0 saturated carbocycles. The van der Waals surface area contributed by atoms with E-state index in [0.29, 0.717) is 11.7 Å². The molecule has 5 nitrogen and oxygen atoms in total. The first-order chi connectivity index (χ1) is 15.7. The summed E-state index contributed by atoms with van der Waals surface area (Å²) in [6.45, 7) is 6.70. The molecule has 1 aliphatic rings. The van der Waals surface area contributed by atoms with Gasteiger partial charge in [-0.05, 0) is 56.6 Å². The predicted octanol–water partition coefficient (Wildman–Crippen LogP) is 5.24. The van der Waals surface area contributed by atoms with Crippen LogP contribution in [0.1, 0.15) is 37.3 Å². The van der Waals surface area contributed by atoms with E-state index in [0.717, 1.165) is 55.4 Å². The Balaban J connectivity index is 1.28. The van der Waals surface area contributed by atoms with E-state index in [1.54, 1.807) is 0 Å². The molecule has 1 amide bonds. The molecule has 0 aliphatic carbocycles. The van der Waals surface area contributed by atoms with Crippen molar-refractivity contribution in [3.05, 3.63) is 65.7 Å². The number of likely N-dealkylation sites (tertiary alicyclic amines) is 1. The highest BCUT2D eigenvalue weighted by atomic mass is 32.2. The van der Waals surface area contributed by atoms with Crippen LogP contribution in [-0.2, 0) is 17.8 Å². The largest absolute Gasteiger partial charge is 0.342 e. The summed E-state index contributed by atoms with van der Waals surface area (Å²) in [6, 6.07) is 18.9. The molecule has 2 heterocycles. The highest BCUT2D eigenvalue weighted by Gasteiger charge is 2.23. The molecule has 4 rings (SSSR count). The van der Waals surface area contributed by atoms with Crippen molar-refractivity contribution in [1.82, 2.24) is 19.7 Å². The third-order valence-electron chi connectivity index (χ3n) is 6.40. The zero-order chi connectivity index (χ0) is 22.3. The molecule has 0 bridgehead atoms. The van der Waals surface area contributed by atoms with Crippen LogP contribution in [0.15, 0.2) is 59.8 Å². The second kappa shape index (κ2) is 10.8. The minimum atomic E-state index is 0.208. The number of piperidine rings is 1. The highest BCUT2D eigenvalue weighted by Crippen LogP contribution is 2.27. The summed E-state index contributed by atoms with van der Waals surface area (Å²) in [7, 11) is 0. The van der Waals surface area contributed by atoms with Crippen LogP contribution in [0.4, 0.5) is 0 Å². The Morgan fingerprint density at radius 2 is 1.75 bits per heavy atom. The van der Waals surface area contributed by atoms with Crippen molar-refractivity contribution in [1.29, 1.82) is 0 Å². The number of amides is 1. The summed E-state index contributed by atoms with van der Waals surface area (Å²) in [5, 5.41) is 9.64. The van der Waals surface area contributed by atoms with Gasteiger partial charge < -0.3 is 9.47 Å². The van der Waals surface area contributed by atoms with Gasteiger partial charge >= 0.3 is 0 Å². The van der Waals surface area contributed by atoms with Gasteiger partial charge in [0, 0.05) is 25.2 Å². The maximum atomic E-state index is 12.8. The van der Waals surface area contributed by atoms with E-state index in [9.17, 15) is 4.79 Å². The van der Waals surface area contributed by atoms with Crippen molar-refractivity contribution in [2.24, 2.45) is 5.92 Å². The number of aryl methyl sites for hydroxylation is 2. The summed E-state index contributed by atoms with van der Waals surface area (Å²) < 4.78 is 2.11. The number of rotatable bonds is 8. The van der Waals surface area contributed by atoms with Crippen LogP contribution in [0.5, 0.6) is 0 Å². The van der Waals surface area contributed by atoms with Crippen LogP contribution in [0.2, 0.25) is 0 Å². The fourth-order valence-corrected chi connectivity index (χ4v) is 5.31. The van der Waals surface area contributed by atoms with Gasteiger partial charge in [0.25, 0.3) is 0 Å². The van der Waals surface area contributed by atoms with Crippen LogP contribution in [0.3, 0.4) is 0 Å². The Morgan fingerprint density at radius 3 is 2.47 bits per heavy atom. The number of benzene rings is 2. The van der Waals surface area contributed by atoms with Gasteiger partial charge in [-0.25, -0.2) is 0 Å². The molecular weight excluding hydrogens is 416 g/mol. The molecule has 168 valence electrons. The van der Waals surface area contributed by atoms with Crippen molar-refractivity contribution in [3.63, 3.8) is 0 Å². The van der Waals surface area contributed by atoms with Crippen LogP contribution in [-0.4, -0.2) is 44.4 Å². The summed E-state index contributed by atoms with van der Waals surface area (Å²) in [5.74, 6) is 2.21. The first-order valence-corrected chi connectivity index (χ1v) is 12.6. The molecule has 0 radical (unpaired) electrons. The smallest absolute Gasteiger partial charge is 0.233 e. The van der Waals surface area contributed by atoms with Crippen molar-refractivity contribution in [2.75, 3.05) is 18.8 Å². The molecule has 1 aliphatic heterocycles. The zero-order valence-electron chi connectivity index (χ0n) is 19.0. The number of carbonyl (C=O) groups excluding carboxylic acids is 1. The number of hydrogen-bond acceptors (Lipinski definition) is 4. The lowest BCUT2D eigenvalue weighted by Crippen LogP contribution is -2.39. The molecule has 0 atom stereocenters. The molecule has 3 aromatic rings. The first kappa shape index (κ1) is 22.6. The molecular formula is C26H32N4OS. The van der Waals surface area contributed by atoms with E-state index in [1.807, 2.05) is 17.0 Å². The van der Waals surface area contributed by atoms with Gasteiger partial charge in [-0.2, -0.15) is 0 Å². The second-order valence-corrected chi connectivity index (χ2v) is 9.44.